The van der Waals surface area contributed by atoms with Gasteiger partial charge in [0.15, 0.2) is 0 Å². The van der Waals surface area contributed by atoms with E-state index >= 15 is 0 Å². The number of ether oxygens (including phenoxy) is 1. The first-order valence-electron chi connectivity index (χ1n) is 10.8. The van der Waals surface area contributed by atoms with Crippen LogP contribution in [0.1, 0.15) is 12.8 Å². The van der Waals surface area contributed by atoms with E-state index in [9.17, 15) is 17.6 Å². The highest BCUT2D eigenvalue weighted by molar-refractivity contribution is 7.99. The van der Waals surface area contributed by atoms with Crippen molar-refractivity contribution in [1.29, 1.82) is 0 Å². The van der Waals surface area contributed by atoms with Crippen LogP contribution in [0.3, 0.4) is 0 Å². The summed E-state index contributed by atoms with van der Waals surface area (Å²) in [6, 6.07) is 22.7. The molecule has 6 nitrogen and oxygen atoms in total. The molecule has 3 rings (SSSR count). The second-order valence-electron chi connectivity index (χ2n) is 7.47. The maximum Gasteiger partial charge on any atom is 0.232 e. The third kappa shape index (κ3) is 8.07. The molecule has 0 bridgehead atoms. The van der Waals surface area contributed by atoms with Crippen molar-refractivity contribution in [2.45, 2.75) is 22.6 Å². The maximum absolute atomic E-state index is 12.9. The van der Waals surface area contributed by atoms with Gasteiger partial charge in [0.05, 0.1) is 18.5 Å². The highest BCUT2D eigenvalue weighted by atomic mass is 32.2. The van der Waals surface area contributed by atoms with Crippen molar-refractivity contribution in [3.63, 3.8) is 0 Å². The molecule has 180 valence electrons. The fourth-order valence-corrected chi connectivity index (χ4v) is 5.20. The fourth-order valence-electron chi connectivity index (χ4n) is 3.19. The summed E-state index contributed by atoms with van der Waals surface area (Å²) in [4.78, 5) is 14.0. The molecular weight excluding hydrogens is 475 g/mol. The highest BCUT2D eigenvalue weighted by Gasteiger charge is 2.20. The van der Waals surface area contributed by atoms with Crippen LogP contribution in [0.5, 0.6) is 5.75 Å². The van der Waals surface area contributed by atoms with Crippen LogP contribution in [0, 0.1) is 5.82 Å². The van der Waals surface area contributed by atoms with Crippen LogP contribution in [0.25, 0.3) is 0 Å². The van der Waals surface area contributed by atoms with E-state index in [0.717, 1.165) is 9.79 Å². The lowest BCUT2D eigenvalue weighted by molar-refractivity contribution is -0.121. The molecule has 1 N–H and O–H groups in total. The number of nitrogens with zero attached hydrogens (tertiary/aromatic N) is 1. The molecule has 0 unspecified atom stereocenters. The first-order valence-corrected chi connectivity index (χ1v) is 13.4. The number of sulfonamides is 1. The molecule has 0 saturated heterocycles. The van der Waals surface area contributed by atoms with Crippen LogP contribution in [-0.2, 0) is 14.8 Å². The standard InChI is InChI=1S/C25H27FN2O4S2/c1-34(30,31)28(23-10-5-6-11-24(23)33-22-8-3-2-4-9-22)18-7-12-25(29)27-17-19-32-21-15-13-20(26)14-16-21/h2-6,8-11,13-16H,7,12,17-19H2,1H3,(H,27,29). The summed E-state index contributed by atoms with van der Waals surface area (Å²) in [5.41, 5.74) is 0.590. The summed E-state index contributed by atoms with van der Waals surface area (Å²) in [5, 5.41) is 2.75. The molecule has 3 aromatic rings. The number of rotatable bonds is 12. The van der Waals surface area contributed by atoms with E-state index in [0.29, 0.717) is 24.4 Å². The average Bonchev–Trinajstić information content (AvgIpc) is 2.81. The van der Waals surface area contributed by atoms with Crippen molar-refractivity contribution in [1.82, 2.24) is 5.32 Å². The van der Waals surface area contributed by atoms with E-state index in [1.165, 1.54) is 46.6 Å². The third-order valence-corrected chi connectivity index (χ3v) is 7.03. The Morgan fingerprint density at radius 2 is 1.68 bits per heavy atom. The molecule has 0 atom stereocenters. The van der Waals surface area contributed by atoms with E-state index in [-0.39, 0.29) is 31.3 Å². The normalized spacial score (nSPS) is 11.1. The zero-order valence-corrected chi connectivity index (χ0v) is 20.4. The van der Waals surface area contributed by atoms with Gasteiger partial charge in [0.1, 0.15) is 18.2 Å². The van der Waals surface area contributed by atoms with Gasteiger partial charge in [0.25, 0.3) is 0 Å². The summed E-state index contributed by atoms with van der Waals surface area (Å²) in [6.45, 7) is 0.726. The van der Waals surface area contributed by atoms with E-state index < -0.39 is 10.0 Å². The summed E-state index contributed by atoms with van der Waals surface area (Å²) in [7, 11) is -3.54. The Labute approximate surface area is 204 Å². The molecule has 0 aliphatic rings. The van der Waals surface area contributed by atoms with Crippen molar-refractivity contribution in [3.8, 4) is 5.75 Å². The summed E-state index contributed by atoms with van der Waals surface area (Å²) >= 11 is 1.49. The monoisotopic (exact) mass is 502 g/mol. The Morgan fingerprint density at radius 1 is 1.00 bits per heavy atom. The SMILES string of the molecule is CS(=O)(=O)N(CCCC(=O)NCCOc1ccc(F)cc1)c1ccccc1Sc1ccccc1. The molecule has 0 fully saturated rings. The number of amides is 1. The van der Waals surface area contributed by atoms with Crippen LogP contribution >= 0.6 is 11.8 Å². The van der Waals surface area contributed by atoms with Gasteiger partial charge in [-0.15, -0.1) is 0 Å². The molecule has 1 amide bonds. The van der Waals surface area contributed by atoms with Gasteiger partial charge in [-0.3, -0.25) is 9.10 Å². The second-order valence-corrected chi connectivity index (χ2v) is 10.5. The zero-order chi connectivity index (χ0) is 24.4. The first kappa shape index (κ1) is 25.6. The highest BCUT2D eigenvalue weighted by Crippen LogP contribution is 2.36. The van der Waals surface area contributed by atoms with Crippen LogP contribution in [0.2, 0.25) is 0 Å². The number of carbonyl (C=O) groups is 1. The van der Waals surface area contributed by atoms with E-state index in [2.05, 4.69) is 5.32 Å². The maximum atomic E-state index is 12.9. The van der Waals surface area contributed by atoms with Gasteiger partial charge in [-0.05, 0) is 55.0 Å². The Hall–Kier alpha value is -3.04. The molecular formula is C25H27FN2O4S2. The molecule has 34 heavy (non-hydrogen) atoms. The predicted octanol–water partition coefficient (Wildman–Crippen LogP) is 4.72. The van der Waals surface area contributed by atoms with Gasteiger partial charge < -0.3 is 10.1 Å². The Bertz CT molecular complexity index is 1170. The minimum absolute atomic E-state index is 0.177. The number of hydrogen-bond donors (Lipinski definition) is 1. The lowest BCUT2D eigenvalue weighted by Crippen LogP contribution is -2.33. The molecule has 9 heteroatoms. The van der Waals surface area contributed by atoms with Crippen molar-refractivity contribution in [2.75, 3.05) is 30.3 Å². The quantitative estimate of drug-likeness (QED) is 0.363. The third-order valence-electron chi connectivity index (χ3n) is 4.78. The number of benzene rings is 3. The van der Waals surface area contributed by atoms with Gasteiger partial charge in [-0.25, -0.2) is 12.8 Å². The van der Waals surface area contributed by atoms with Crippen LogP contribution in [-0.4, -0.2) is 40.3 Å². The minimum Gasteiger partial charge on any atom is -0.492 e. The summed E-state index contributed by atoms with van der Waals surface area (Å²) in [6.07, 6.45) is 1.71. The first-order chi connectivity index (χ1) is 16.3. The molecule has 0 spiro atoms. The van der Waals surface area contributed by atoms with Crippen molar-refractivity contribution < 1.29 is 22.3 Å². The molecule has 0 aliphatic carbocycles. The van der Waals surface area contributed by atoms with E-state index in [1.807, 2.05) is 42.5 Å². The molecule has 0 radical (unpaired) electrons. The van der Waals surface area contributed by atoms with Crippen LogP contribution in [0.4, 0.5) is 10.1 Å². The van der Waals surface area contributed by atoms with Gasteiger partial charge in [-0.2, -0.15) is 0 Å². The number of carbonyl (C=O) groups excluding carboxylic acids is 1. The number of halogens is 1. The Kier molecular flexibility index (Phi) is 9.35. The molecule has 0 aromatic heterocycles. The Balaban J connectivity index is 1.52. The van der Waals surface area contributed by atoms with Gasteiger partial charge in [0, 0.05) is 22.8 Å². The average molecular weight is 503 g/mol. The summed E-state index contributed by atoms with van der Waals surface area (Å²) < 4.78 is 44.8. The van der Waals surface area contributed by atoms with Crippen molar-refractivity contribution >= 4 is 33.4 Å². The summed E-state index contributed by atoms with van der Waals surface area (Å²) in [5.74, 6) is -0.0142. The van der Waals surface area contributed by atoms with Gasteiger partial charge in [0.2, 0.25) is 15.9 Å². The van der Waals surface area contributed by atoms with Crippen LogP contribution < -0.4 is 14.4 Å². The zero-order valence-electron chi connectivity index (χ0n) is 18.8. The van der Waals surface area contributed by atoms with E-state index in [4.69, 9.17) is 4.74 Å². The van der Waals surface area contributed by atoms with Crippen molar-refractivity contribution in [2.24, 2.45) is 0 Å². The minimum atomic E-state index is -3.54. The van der Waals surface area contributed by atoms with E-state index in [1.54, 1.807) is 12.1 Å². The smallest absolute Gasteiger partial charge is 0.232 e. The van der Waals surface area contributed by atoms with Crippen LogP contribution in [0.15, 0.2) is 88.7 Å². The molecule has 0 saturated carbocycles. The molecule has 3 aromatic carbocycles. The van der Waals surface area contributed by atoms with Gasteiger partial charge in [-0.1, -0.05) is 42.1 Å². The number of anilines is 1. The Morgan fingerprint density at radius 3 is 2.38 bits per heavy atom. The largest absolute Gasteiger partial charge is 0.492 e. The lowest BCUT2D eigenvalue weighted by atomic mass is 10.2. The molecule has 0 heterocycles. The topological polar surface area (TPSA) is 75.7 Å². The number of nitrogens with one attached hydrogen (secondary N) is 1. The number of para-hydroxylation sites is 1. The lowest BCUT2D eigenvalue weighted by Gasteiger charge is -2.24. The number of hydrogen-bond acceptors (Lipinski definition) is 5. The van der Waals surface area contributed by atoms with Crippen molar-refractivity contribution in [3.05, 3.63) is 84.7 Å². The predicted molar refractivity (Wildman–Crippen MR) is 133 cm³/mol. The fraction of sp³-hybridized carbons (Fsp3) is 0.240. The second kappa shape index (κ2) is 12.4. The molecule has 0 aliphatic heterocycles. The van der Waals surface area contributed by atoms with Gasteiger partial charge >= 0.3 is 0 Å².